The van der Waals surface area contributed by atoms with E-state index in [2.05, 4.69) is 9.32 Å². The summed E-state index contributed by atoms with van der Waals surface area (Å²) in [5, 5.41) is 0. The lowest BCUT2D eigenvalue weighted by Crippen LogP contribution is -1.99. The maximum atomic E-state index is 10.5. The highest BCUT2D eigenvalue weighted by Gasteiger charge is 1.98. The minimum atomic E-state index is -0.200. The van der Waals surface area contributed by atoms with E-state index in [1.54, 1.807) is 0 Å². The predicted octanol–water partition coefficient (Wildman–Crippen LogP) is 1.74. The first-order valence-corrected chi connectivity index (χ1v) is 4.27. The van der Waals surface area contributed by atoms with Crippen molar-refractivity contribution in [2.75, 3.05) is 12.9 Å². The molecule has 0 unspecified atom stereocenters. The van der Waals surface area contributed by atoms with E-state index in [0.717, 1.165) is 24.8 Å². The van der Waals surface area contributed by atoms with Crippen molar-refractivity contribution < 1.29 is 9.53 Å². The topological polar surface area (TPSA) is 55.7 Å². The summed E-state index contributed by atoms with van der Waals surface area (Å²) in [5.41, 5.74) is 0. The Balaban J connectivity index is 3.01. The number of nitroso groups, excluding NO2 is 1. The van der Waals surface area contributed by atoms with E-state index in [1.165, 1.54) is 7.11 Å². The smallest absolute Gasteiger partial charge is 0.305 e. The summed E-state index contributed by atoms with van der Waals surface area (Å²) in [7, 11) is 1.37. The first-order chi connectivity index (χ1) is 5.31. The molecule has 0 N–H and O–H groups in total. The zero-order valence-electron chi connectivity index (χ0n) is 6.41. The molecule has 0 aromatic rings. The Morgan fingerprint density at radius 2 is 2.27 bits per heavy atom. The zero-order chi connectivity index (χ0) is 8.53. The number of rotatable bonds is 6. The van der Waals surface area contributed by atoms with Crippen LogP contribution in [0.2, 0.25) is 0 Å². The van der Waals surface area contributed by atoms with Gasteiger partial charge in [0.05, 0.1) is 7.11 Å². The fourth-order valence-electron chi connectivity index (χ4n) is 0.575. The molecule has 0 atom stereocenters. The normalized spacial score (nSPS) is 9.18. The molecular formula is C6H11NO3S. The fourth-order valence-corrected chi connectivity index (χ4v) is 0.983. The second-order valence-corrected chi connectivity index (χ2v) is 2.76. The van der Waals surface area contributed by atoms with Crippen molar-refractivity contribution in [3.05, 3.63) is 4.91 Å². The van der Waals surface area contributed by atoms with Crippen molar-refractivity contribution in [1.82, 2.24) is 0 Å². The highest BCUT2D eigenvalue weighted by molar-refractivity contribution is 7.97. The summed E-state index contributed by atoms with van der Waals surface area (Å²) in [5.74, 6) is 0.481. The standard InChI is InChI=1S/C6H11NO3S/c1-10-6(8)4-2-3-5-11-7-9/h2-5H2,1H3. The monoisotopic (exact) mass is 177 g/mol. The van der Waals surface area contributed by atoms with E-state index in [1.807, 2.05) is 0 Å². The van der Waals surface area contributed by atoms with Gasteiger partial charge in [0.15, 0.2) is 0 Å². The molecule has 0 saturated heterocycles. The van der Waals surface area contributed by atoms with Gasteiger partial charge in [-0.25, -0.2) is 0 Å². The van der Waals surface area contributed by atoms with E-state index >= 15 is 0 Å². The fraction of sp³-hybridized carbons (Fsp3) is 0.833. The number of esters is 1. The average molecular weight is 177 g/mol. The maximum absolute atomic E-state index is 10.5. The van der Waals surface area contributed by atoms with Crippen LogP contribution in [0.1, 0.15) is 19.3 Å². The molecule has 0 fully saturated rings. The molecule has 64 valence electrons. The van der Waals surface area contributed by atoms with Gasteiger partial charge in [-0.3, -0.25) is 4.79 Å². The van der Waals surface area contributed by atoms with E-state index in [9.17, 15) is 9.70 Å². The Bertz CT molecular complexity index is 129. The molecule has 0 aliphatic heterocycles. The summed E-state index contributed by atoms with van der Waals surface area (Å²) in [4.78, 5) is 20.1. The van der Waals surface area contributed by atoms with Crippen LogP contribution in [0.3, 0.4) is 0 Å². The third-order valence-electron chi connectivity index (χ3n) is 1.15. The summed E-state index contributed by atoms with van der Waals surface area (Å²) in [6.45, 7) is 0. The van der Waals surface area contributed by atoms with Gasteiger partial charge >= 0.3 is 5.97 Å². The van der Waals surface area contributed by atoms with Gasteiger partial charge in [0, 0.05) is 28.7 Å². The van der Waals surface area contributed by atoms with Gasteiger partial charge in [-0.05, 0) is 12.8 Å². The molecule has 0 aliphatic carbocycles. The van der Waals surface area contributed by atoms with Crippen molar-refractivity contribution in [3.63, 3.8) is 0 Å². The molecule has 0 bridgehead atoms. The summed E-state index contributed by atoms with van der Waals surface area (Å²) < 4.78 is 7.05. The predicted molar refractivity (Wildman–Crippen MR) is 44.1 cm³/mol. The van der Waals surface area contributed by atoms with E-state index in [0.29, 0.717) is 12.2 Å². The van der Waals surface area contributed by atoms with E-state index < -0.39 is 0 Å². The molecule has 4 nitrogen and oxygen atoms in total. The second-order valence-electron chi connectivity index (χ2n) is 1.94. The first-order valence-electron chi connectivity index (χ1n) is 3.32. The lowest BCUT2D eigenvalue weighted by molar-refractivity contribution is -0.140. The first kappa shape index (κ1) is 10.4. The molecule has 0 rings (SSSR count). The van der Waals surface area contributed by atoms with Gasteiger partial charge in [-0.15, -0.1) is 4.91 Å². The molecule has 0 aromatic heterocycles. The minimum Gasteiger partial charge on any atom is -0.469 e. The van der Waals surface area contributed by atoms with Crippen LogP contribution >= 0.6 is 11.9 Å². The van der Waals surface area contributed by atoms with Crippen LogP contribution in [0, 0.1) is 4.91 Å². The highest BCUT2D eigenvalue weighted by atomic mass is 32.2. The van der Waals surface area contributed by atoms with Crippen molar-refractivity contribution in [2.45, 2.75) is 19.3 Å². The molecule has 0 aliphatic rings. The Kier molecular flexibility index (Phi) is 7.13. The van der Waals surface area contributed by atoms with Crippen LogP contribution in [0.4, 0.5) is 0 Å². The zero-order valence-corrected chi connectivity index (χ0v) is 7.23. The molecule has 0 amide bonds. The van der Waals surface area contributed by atoms with Gasteiger partial charge < -0.3 is 4.74 Å². The third-order valence-corrected chi connectivity index (χ3v) is 1.72. The lowest BCUT2D eigenvalue weighted by atomic mass is 10.2. The number of nitrogens with zero attached hydrogens (tertiary/aromatic N) is 1. The number of carbonyl (C=O) groups is 1. The quantitative estimate of drug-likeness (QED) is 0.268. The van der Waals surface area contributed by atoms with Crippen LogP contribution in [0.15, 0.2) is 4.58 Å². The molecule has 0 saturated carbocycles. The van der Waals surface area contributed by atoms with Crippen LogP contribution in [0.25, 0.3) is 0 Å². The lowest BCUT2D eigenvalue weighted by Gasteiger charge is -1.96. The summed E-state index contributed by atoms with van der Waals surface area (Å²) in [6.07, 6.45) is 2.01. The van der Waals surface area contributed by atoms with Gasteiger partial charge in [0.25, 0.3) is 0 Å². The number of ether oxygens (including phenoxy) is 1. The van der Waals surface area contributed by atoms with Gasteiger partial charge in [-0.1, -0.05) is 0 Å². The molecule has 0 spiro atoms. The SMILES string of the molecule is COC(=O)CCCCSN=O. The van der Waals surface area contributed by atoms with Crippen LogP contribution in [-0.4, -0.2) is 18.8 Å². The van der Waals surface area contributed by atoms with Gasteiger partial charge in [0.2, 0.25) is 0 Å². The van der Waals surface area contributed by atoms with Gasteiger partial charge in [-0.2, -0.15) is 0 Å². The number of carbonyl (C=O) groups excluding carboxylic acids is 1. The molecule has 5 heteroatoms. The Morgan fingerprint density at radius 1 is 1.55 bits per heavy atom. The number of hydrogen-bond acceptors (Lipinski definition) is 5. The van der Waals surface area contributed by atoms with Crippen molar-refractivity contribution in [2.24, 2.45) is 4.58 Å². The Morgan fingerprint density at radius 3 is 2.82 bits per heavy atom. The van der Waals surface area contributed by atoms with E-state index in [4.69, 9.17) is 0 Å². The maximum Gasteiger partial charge on any atom is 0.305 e. The van der Waals surface area contributed by atoms with Crippen molar-refractivity contribution >= 4 is 17.9 Å². The minimum absolute atomic E-state index is 0.200. The van der Waals surface area contributed by atoms with Crippen LogP contribution < -0.4 is 0 Å². The number of hydrogen-bond donors (Lipinski definition) is 0. The Hall–Kier alpha value is -0.580. The van der Waals surface area contributed by atoms with Gasteiger partial charge in [0.1, 0.15) is 0 Å². The molecule has 0 radical (unpaired) electrons. The van der Waals surface area contributed by atoms with Crippen molar-refractivity contribution in [3.8, 4) is 0 Å². The molecule has 0 heterocycles. The van der Waals surface area contributed by atoms with Crippen molar-refractivity contribution in [1.29, 1.82) is 0 Å². The van der Waals surface area contributed by atoms with Crippen LogP contribution in [-0.2, 0) is 9.53 Å². The number of methoxy groups -OCH3 is 1. The summed E-state index contributed by atoms with van der Waals surface area (Å²) in [6, 6.07) is 0. The highest BCUT2D eigenvalue weighted by Crippen LogP contribution is 2.06. The second kappa shape index (κ2) is 7.53. The average Bonchev–Trinajstić information content (AvgIpc) is 2.04. The van der Waals surface area contributed by atoms with Crippen LogP contribution in [0.5, 0.6) is 0 Å². The Labute approximate surface area is 69.8 Å². The molecular weight excluding hydrogens is 166 g/mol. The largest absolute Gasteiger partial charge is 0.469 e. The molecule has 11 heavy (non-hydrogen) atoms. The molecule has 0 aromatic carbocycles. The third kappa shape index (κ3) is 7.32. The van der Waals surface area contributed by atoms with E-state index in [-0.39, 0.29) is 5.97 Å². The number of unbranched alkanes of at least 4 members (excludes halogenated alkanes) is 1. The summed E-state index contributed by atoms with van der Waals surface area (Å²) >= 11 is 0.985.